The monoisotopic (exact) mass is 256 g/mol. The van der Waals surface area contributed by atoms with Crippen molar-refractivity contribution in [3.8, 4) is 5.75 Å². The fourth-order valence-corrected chi connectivity index (χ4v) is 1.91. The molecule has 4 nitrogen and oxygen atoms in total. The average molecular weight is 256 g/mol. The highest BCUT2D eigenvalue weighted by atomic mass is 19.1. The van der Waals surface area contributed by atoms with Crippen molar-refractivity contribution in [3.05, 3.63) is 29.6 Å². The SMILES string of the molecule is CN(C)CC(C)(O)CNCc1cccc(F)c1O. The quantitative estimate of drug-likeness (QED) is 0.709. The van der Waals surface area contributed by atoms with Crippen LogP contribution in [0.15, 0.2) is 18.2 Å². The third-order valence-electron chi connectivity index (χ3n) is 2.55. The molecule has 1 aromatic carbocycles. The molecular weight excluding hydrogens is 235 g/mol. The van der Waals surface area contributed by atoms with Gasteiger partial charge in [0.15, 0.2) is 11.6 Å². The molecule has 0 aliphatic carbocycles. The number of halogens is 1. The Kier molecular flexibility index (Phi) is 5.07. The summed E-state index contributed by atoms with van der Waals surface area (Å²) in [4.78, 5) is 1.89. The first-order valence-electron chi connectivity index (χ1n) is 5.86. The molecule has 1 rings (SSSR count). The third-order valence-corrected chi connectivity index (χ3v) is 2.55. The van der Waals surface area contributed by atoms with Crippen molar-refractivity contribution in [3.63, 3.8) is 0 Å². The maximum absolute atomic E-state index is 13.1. The van der Waals surface area contributed by atoms with Gasteiger partial charge in [-0.15, -0.1) is 0 Å². The maximum atomic E-state index is 13.1. The molecule has 0 aromatic heterocycles. The largest absolute Gasteiger partial charge is 0.505 e. The van der Waals surface area contributed by atoms with Crippen molar-refractivity contribution in [1.29, 1.82) is 0 Å². The molecule has 1 atom stereocenters. The molecule has 0 saturated carbocycles. The summed E-state index contributed by atoms with van der Waals surface area (Å²) in [6, 6.07) is 4.40. The van der Waals surface area contributed by atoms with Gasteiger partial charge in [0.05, 0.1) is 5.60 Å². The van der Waals surface area contributed by atoms with E-state index in [9.17, 15) is 14.6 Å². The smallest absolute Gasteiger partial charge is 0.165 e. The minimum Gasteiger partial charge on any atom is -0.505 e. The predicted octanol–water partition coefficient (Wildman–Crippen LogP) is 0.933. The lowest BCUT2D eigenvalue weighted by atomic mass is 10.1. The van der Waals surface area contributed by atoms with E-state index in [4.69, 9.17) is 0 Å². The second kappa shape index (κ2) is 6.13. The fourth-order valence-electron chi connectivity index (χ4n) is 1.91. The highest BCUT2D eigenvalue weighted by Gasteiger charge is 2.20. The van der Waals surface area contributed by atoms with Gasteiger partial charge in [-0.3, -0.25) is 0 Å². The zero-order valence-corrected chi connectivity index (χ0v) is 11.1. The van der Waals surface area contributed by atoms with Crippen LogP contribution in [-0.4, -0.2) is 47.9 Å². The molecule has 0 radical (unpaired) electrons. The lowest BCUT2D eigenvalue weighted by Gasteiger charge is -2.27. The van der Waals surface area contributed by atoms with Crippen molar-refractivity contribution < 1.29 is 14.6 Å². The van der Waals surface area contributed by atoms with Crippen molar-refractivity contribution in [2.45, 2.75) is 19.1 Å². The Morgan fingerprint density at radius 2 is 2.06 bits per heavy atom. The van der Waals surface area contributed by atoms with E-state index in [1.165, 1.54) is 6.07 Å². The van der Waals surface area contributed by atoms with E-state index in [2.05, 4.69) is 5.32 Å². The molecule has 0 aliphatic rings. The summed E-state index contributed by atoms with van der Waals surface area (Å²) in [6.45, 7) is 2.93. The number of benzene rings is 1. The number of hydrogen-bond acceptors (Lipinski definition) is 4. The fraction of sp³-hybridized carbons (Fsp3) is 0.538. The Morgan fingerprint density at radius 1 is 1.39 bits per heavy atom. The van der Waals surface area contributed by atoms with E-state index in [1.807, 2.05) is 19.0 Å². The van der Waals surface area contributed by atoms with E-state index in [0.717, 1.165) is 0 Å². The molecule has 1 aromatic rings. The molecule has 3 N–H and O–H groups in total. The van der Waals surface area contributed by atoms with Crippen LogP contribution < -0.4 is 5.32 Å². The molecule has 0 saturated heterocycles. The normalized spacial score (nSPS) is 14.8. The maximum Gasteiger partial charge on any atom is 0.165 e. The van der Waals surface area contributed by atoms with E-state index in [-0.39, 0.29) is 5.75 Å². The van der Waals surface area contributed by atoms with E-state index >= 15 is 0 Å². The summed E-state index contributed by atoms with van der Waals surface area (Å²) in [5, 5.41) is 22.5. The van der Waals surface area contributed by atoms with Gasteiger partial charge in [0.25, 0.3) is 0 Å². The Hall–Kier alpha value is -1.17. The van der Waals surface area contributed by atoms with Gasteiger partial charge in [0.1, 0.15) is 0 Å². The van der Waals surface area contributed by atoms with Gasteiger partial charge in [-0.1, -0.05) is 12.1 Å². The van der Waals surface area contributed by atoms with Crippen LogP contribution in [0.1, 0.15) is 12.5 Å². The Labute approximate surface area is 107 Å². The topological polar surface area (TPSA) is 55.7 Å². The van der Waals surface area contributed by atoms with Crippen LogP contribution in [0.5, 0.6) is 5.75 Å². The van der Waals surface area contributed by atoms with Crippen LogP contribution in [0, 0.1) is 5.82 Å². The summed E-state index contributed by atoms with van der Waals surface area (Å²) >= 11 is 0. The molecule has 18 heavy (non-hydrogen) atoms. The highest BCUT2D eigenvalue weighted by molar-refractivity contribution is 5.33. The molecule has 0 bridgehead atoms. The van der Waals surface area contributed by atoms with Crippen LogP contribution in [0.2, 0.25) is 0 Å². The van der Waals surface area contributed by atoms with Gasteiger partial charge in [-0.25, -0.2) is 4.39 Å². The Balaban J connectivity index is 2.49. The predicted molar refractivity (Wildman–Crippen MR) is 68.9 cm³/mol. The number of nitrogens with one attached hydrogen (secondary N) is 1. The summed E-state index contributed by atoms with van der Waals surface area (Å²) in [6.07, 6.45) is 0. The number of rotatable bonds is 6. The van der Waals surface area contributed by atoms with Crippen molar-refractivity contribution in [2.24, 2.45) is 0 Å². The number of hydrogen-bond donors (Lipinski definition) is 3. The second-order valence-corrected chi connectivity index (χ2v) is 5.09. The summed E-state index contributed by atoms with van der Waals surface area (Å²) < 4.78 is 13.1. The van der Waals surface area contributed by atoms with Gasteiger partial charge in [-0.05, 0) is 27.1 Å². The molecule has 0 fully saturated rings. The number of nitrogens with zero attached hydrogens (tertiary/aromatic N) is 1. The minimum atomic E-state index is -0.869. The van der Waals surface area contributed by atoms with E-state index < -0.39 is 11.4 Å². The second-order valence-electron chi connectivity index (χ2n) is 5.09. The number of para-hydroxylation sites is 1. The molecular formula is C13H21FN2O2. The van der Waals surface area contributed by atoms with Crippen LogP contribution in [0.4, 0.5) is 4.39 Å². The Morgan fingerprint density at radius 3 is 2.67 bits per heavy atom. The Bertz CT molecular complexity index is 395. The van der Waals surface area contributed by atoms with Gasteiger partial charge in [0.2, 0.25) is 0 Å². The van der Waals surface area contributed by atoms with Crippen LogP contribution in [0.3, 0.4) is 0 Å². The highest BCUT2D eigenvalue weighted by Crippen LogP contribution is 2.20. The van der Waals surface area contributed by atoms with Gasteiger partial charge in [0, 0.05) is 25.2 Å². The molecule has 102 valence electrons. The van der Waals surface area contributed by atoms with E-state index in [0.29, 0.717) is 25.2 Å². The molecule has 0 heterocycles. The van der Waals surface area contributed by atoms with Crippen molar-refractivity contribution >= 4 is 0 Å². The molecule has 0 spiro atoms. The first-order valence-corrected chi connectivity index (χ1v) is 5.86. The van der Waals surface area contributed by atoms with Crippen molar-refractivity contribution in [2.75, 3.05) is 27.2 Å². The number of phenols is 1. The summed E-state index contributed by atoms with van der Waals surface area (Å²) in [7, 11) is 3.76. The first-order chi connectivity index (χ1) is 8.32. The van der Waals surface area contributed by atoms with Crippen LogP contribution in [0.25, 0.3) is 0 Å². The van der Waals surface area contributed by atoms with Crippen molar-refractivity contribution in [1.82, 2.24) is 10.2 Å². The molecule has 0 amide bonds. The number of phenolic OH excluding ortho intramolecular Hbond substituents is 1. The van der Waals surface area contributed by atoms with Gasteiger partial charge < -0.3 is 20.4 Å². The lowest BCUT2D eigenvalue weighted by Crippen LogP contribution is -2.45. The third kappa shape index (κ3) is 4.60. The van der Waals surface area contributed by atoms with Crippen LogP contribution in [-0.2, 0) is 6.54 Å². The zero-order valence-electron chi connectivity index (χ0n) is 11.1. The van der Waals surface area contributed by atoms with Gasteiger partial charge >= 0.3 is 0 Å². The van der Waals surface area contributed by atoms with Gasteiger partial charge in [-0.2, -0.15) is 0 Å². The average Bonchev–Trinajstić information content (AvgIpc) is 2.22. The number of aliphatic hydroxyl groups is 1. The molecule has 0 aliphatic heterocycles. The first kappa shape index (κ1) is 14.9. The standard InChI is InChI=1S/C13H21FN2O2/c1-13(18,9-16(2)3)8-15-7-10-5-4-6-11(14)12(10)17/h4-6,15,17-18H,7-9H2,1-3H3. The lowest BCUT2D eigenvalue weighted by molar-refractivity contribution is 0.0335. The van der Waals surface area contributed by atoms with E-state index in [1.54, 1.807) is 19.1 Å². The molecule has 1 unspecified atom stereocenters. The van der Waals surface area contributed by atoms with Crippen LogP contribution >= 0.6 is 0 Å². The number of aromatic hydroxyl groups is 1. The molecule has 5 heteroatoms. The zero-order chi connectivity index (χ0) is 13.8. The number of likely N-dealkylation sites (N-methyl/N-ethyl adjacent to an activating group) is 1. The summed E-state index contributed by atoms with van der Waals surface area (Å²) in [5.74, 6) is -0.966. The minimum absolute atomic E-state index is 0.313. The summed E-state index contributed by atoms with van der Waals surface area (Å²) in [5.41, 5.74) is -0.387.